The highest BCUT2D eigenvalue weighted by molar-refractivity contribution is 5.93. The lowest BCUT2D eigenvalue weighted by atomic mass is 10.1. The van der Waals surface area contributed by atoms with E-state index < -0.39 is 0 Å². The second kappa shape index (κ2) is 8.03. The molecule has 1 aromatic carbocycles. The molecule has 2 aliphatic rings. The minimum Gasteiger partial charge on any atom is -0.488 e. The summed E-state index contributed by atoms with van der Waals surface area (Å²) in [5.41, 5.74) is 2.36. The summed E-state index contributed by atoms with van der Waals surface area (Å²) < 4.78 is 16.3. The minimum atomic E-state index is -0.228. The number of hydrogen-bond acceptors (Lipinski definition) is 8. The molecule has 5 rings (SSSR count). The number of aromatic amines is 1. The number of rotatable bonds is 6. The Morgan fingerprint density at radius 1 is 1.29 bits per heavy atom. The molecule has 2 aliphatic heterocycles. The zero-order valence-electron chi connectivity index (χ0n) is 17.4. The van der Waals surface area contributed by atoms with Crippen molar-refractivity contribution >= 4 is 22.8 Å². The van der Waals surface area contributed by atoms with E-state index in [0.717, 1.165) is 33.9 Å². The van der Waals surface area contributed by atoms with Gasteiger partial charge in [-0.1, -0.05) is 0 Å². The first-order valence-electron chi connectivity index (χ1n) is 10.3. The number of H-pyrrole nitrogens is 1. The molecule has 2 atom stereocenters. The van der Waals surface area contributed by atoms with E-state index >= 15 is 0 Å². The lowest BCUT2D eigenvalue weighted by Crippen LogP contribution is -2.52. The quantitative estimate of drug-likeness (QED) is 0.641. The van der Waals surface area contributed by atoms with Crippen LogP contribution in [0, 0.1) is 0 Å². The highest BCUT2D eigenvalue weighted by Crippen LogP contribution is 2.30. The van der Waals surface area contributed by atoms with Crippen molar-refractivity contribution in [2.45, 2.75) is 19.1 Å². The van der Waals surface area contributed by atoms with E-state index in [1.54, 1.807) is 18.3 Å². The average molecular weight is 424 g/mol. The minimum absolute atomic E-state index is 0.0553. The summed E-state index contributed by atoms with van der Waals surface area (Å²) in [5, 5.41) is 8.47. The Labute approximate surface area is 179 Å². The maximum atomic E-state index is 11.7. The van der Waals surface area contributed by atoms with Crippen molar-refractivity contribution in [3.05, 3.63) is 30.6 Å². The molecule has 1 amide bonds. The number of carbonyl (C=O) groups excluding carboxylic acids is 1. The zero-order valence-corrected chi connectivity index (χ0v) is 17.4. The first-order valence-corrected chi connectivity index (χ1v) is 10.3. The number of fused-ring (bicyclic) bond motifs is 2. The van der Waals surface area contributed by atoms with Crippen LogP contribution < -0.4 is 9.64 Å². The summed E-state index contributed by atoms with van der Waals surface area (Å²) >= 11 is 0. The van der Waals surface area contributed by atoms with Gasteiger partial charge in [0, 0.05) is 38.2 Å². The summed E-state index contributed by atoms with van der Waals surface area (Å²) in [5.74, 6) is 1.55. The molecule has 4 heterocycles. The van der Waals surface area contributed by atoms with Gasteiger partial charge in [-0.05, 0) is 25.1 Å². The van der Waals surface area contributed by atoms with Crippen molar-refractivity contribution in [1.29, 1.82) is 0 Å². The number of cyclic esters (lactones) is 1. The van der Waals surface area contributed by atoms with E-state index in [4.69, 9.17) is 14.2 Å². The van der Waals surface area contributed by atoms with Gasteiger partial charge in [0.05, 0.1) is 23.9 Å². The third-order valence-corrected chi connectivity index (χ3v) is 5.61. The van der Waals surface area contributed by atoms with Crippen LogP contribution in [0.1, 0.15) is 6.92 Å². The van der Waals surface area contributed by atoms with Gasteiger partial charge in [-0.3, -0.25) is 10.00 Å². The number of benzene rings is 1. The number of hydrogen-bond donors (Lipinski definition) is 1. The van der Waals surface area contributed by atoms with E-state index in [9.17, 15) is 4.79 Å². The lowest BCUT2D eigenvalue weighted by Gasteiger charge is -2.36. The molecule has 162 valence electrons. The number of anilines is 1. The highest BCUT2D eigenvalue weighted by Gasteiger charge is 2.37. The van der Waals surface area contributed by atoms with Gasteiger partial charge in [0.15, 0.2) is 0 Å². The van der Waals surface area contributed by atoms with Crippen LogP contribution >= 0.6 is 0 Å². The van der Waals surface area contributed by atoms with Crippen molar-refractivity contribution < 1.29 is 19.0 Å². The third kappa shape index (κ3) is 3.74. The molecule has 0 saturated carbocycles. The average Bonchev–Trinajstić information content (AvgIpc) is 3.37. The number of aromatic nitrogens is 4. The van der Waals surface area contributed by atoms with E-state index in [2.05, 4.69) is 25.1 Å². The SMILES string of the molecule is COCC(C)Oc1ccc2[nH]nc(-c3cc(N4CCN5C(=O)OCC5C4)ncn3)c2c1. The van der Waals surface area contributed by atoms with Crippen molar-refractivity contribution in [3.63, 3.8) is 0 Å². The zero-order chi connectivity index (χ0) is 21.4. The fourth-order valence-corrected chi connectivity index (χ4v) is 4.11. The standard InChI is InChI=1S/C21H24N6O4/c1-13(10-29-2)31-15-3-4-17-16(7-15)20(25-24-17)18-8-19(23-12-22-18)26-5-6-27-14(9-26)11-30-21(27)28/h3-4,7-8,12-14H,5-6,9-11H2,1-2H3,(H,24,25). The number of methoxy groups -OCH3 is 1. The van der Waals surface area contributed by atoms with Gasteiger partial charge in [-0.2, -0.15) is 5.10 Å². The molecule has 0 aliphatic carbocycles. The van der Waals surface area contributed by atoms with Gasteiger partial charge in [0.25, 0.3) is 0 Å². The predicted molar refractivity (Wildman–Crippen MR) is 113 cm³/mol. The lowest BCUT2D eigenvalue weighted by molar-refractivity contribution is 0.0922. The molecule has 3 aromatic rings. The predicted octanol–water partition coefficient (Wildman–Crippen LogP) is 2.07. The number of amides is 1. The number of ether oxygens (including phenoxy) is 3. The fourth-order valence-electron chi connectivity index (χ4n) is 4.11. The van der Waals surface area contributed by atoms with E-state index in [-0.39, 0.29) is 18.2 Å². The van der Waals surface area contributed by atoms with Gasteiger partial charge in [0.1, 0.15) is 36.3 Å². The van der Waals surface area contributed by atoms with Crippen molar-refractivity contribution in [3.8, 4) is 17.1 Å². The van der Waals surface area contributed by atoms with E-state index in [1.807, 2.05) is 31.2 Å². The van der Waals surface area contributed by atoms with Crippen LogP contribution in [0.3, 0.4) is 0 Å². The van der Waals surface area contributed by atoms with Gasteiger partial charge in [-0.15, -0.1) is 0 Å². The normalized spacial score (nSPS) is 19.4. The Kier molecular flexibility index (Phi) is 5.06. The summed E-state index contributed by atoms with van der Waals surface area (Å²) in [6.07, 6.45) is 1.26. The van der Waals surface area contributed by atoms with E-state index in [1.165, 1.54) is 0 Å². The molecule has 0 bridgehead atoms. The Morgan fingerprint density at radius 3 is 3.06 bits per heavy atom. The molecule has 2 unspecified atom stereocenters. The molecule has 0 spiro atoms. The molecule has 2 aromatic heterocycles. The molecule has 2 saturated heterocycles. The van der Waals surface area contributed by atoms with Crippen LogP contribution in [0.2, 0.25) is 0 Å². The molecule has 10 nitrogen and oxygen atoms in total. The fraction of sp³-hybridized carbons (Fsp3) is 0.429. The van der Waals surface area contributed by atoms with E-state index in [0.29, 0.717) is 32.8 Å². The van der Waals surface area contributed by atoms with Gasteiger partial charge in [0.2, 0.25) is 0 Å². The van der Waals surface area contributed by atoms with Crippen LogP contribution in [0.5, 0.6) is 5.75 Å². The molecule has 0 radical (unpaired) electrons. The van der Waals surface area contributed by atoms with Crippen molar-refractivity contribution in [2.75, 3.05) is 44.9 Å². The van der Waals surface area contributed by atoms with Crippen molar-refractivity contribution in [2.24, 2.45) is 0 Å². The molecule has 1 N–H and O–H groups in total. The highest BCUT2D eigenvalue weighted by atomic mass is 16.6. The van der Waals surface area contributed by atoms with Crippen molar-refractivity contribution in [1.82, 2.24) is 25.1 Å². The number of carbonyl (C=O) groups is 1. The number of nitrogens with one attached hydrogen (secondary N) is 1. The Bertz CT molecular complexity index is 1100. The number of nitrogens with zero attached hydrogens (tertiary/aromatic N) is 5. The van der Waals surface area contributed by atoms with Crippen LogP contribution in [-0.4, -0.2) is 83.3 Å². The first-order chi connectivity index (χ1) is 15.1. The summed E-state index contributed by atoms with van der Waals surface area (Å²) in [6, 6.07) is 7.80. The van der Waals surface area contributed by atoms with Crippen LogP contribution in [0.25, 0.3) is 22.3 Å². The topological polar surface area (TPSA) is 106 Å². The second-order valence-electron chi connectivity index (χ2n) is 7.80. The first kappa shape index (κ1) is 19.6. The molecular weight excluding hydrogens is 400 g/mol. The Hall–Kier alpha value is -3.40. The smallest absolute Gasteiger partial charge is 0.410 e. The van der Waals surface area contributed by atoms with Gasteiger partial charge < -0.3 is 19.1 Å². The maximum Gasteiger partial charge on any atom is 0.410 e. The summed E-state index contributed by atoms with van der Waals surface area (Å²) in [7, 11) is 1.65. The summed E-state index contributed by atoms with van der Waals surface area (Å²) in [4.78, 5) is 24.6. The Morgan fingerprint density at radius 2 is 2.19 bits per heavy atom. The second-order valence-corrected chi connectivity index (χ2v) is 7.80. The third-order valence-electron chi connectivity index (χ3n) is 5.61. The van der Waals surface area contributed by atoms with Gasteiger partial charge >= 0.3 is 6.09 Å². The maximum absolute atomic E-state index is 11.7. The Balaban J connectivity index is 1.41. The molecular formula is C21H24N6O4. The molecule has 31 heavy (non-hydrogen) atoms. The van der Waals surface area contributed by atoms with Crippen LogP contribution in [0.4, 0.5) is 10.6 Å². The van der Waals surface area contributed by atoms with Crippen LogP contribution in [0.15, 0.2) is 30.6 Å². The molecule has 10 heteroatoms. The monoisotopic (exact) mass is 424 g/mol. The summed E-state index contributed by atoms with van der Waals surface area (Å²) in [6.45, 7) is 4.88. The largest absolute Gasteiger partial charge is 0.488 e. The number of piperazine rings is 1. The van der Waals surface area contributed by atoms with Gasteiger partial charge in [-0.25, -0.2) is 14.8 Å². The van der Waals surface area contributed by atoms with Crippen LogP contribution in [-0.2, 0) is 9.47 Å². The molecule has 2 fully saturated rings.